The zero-order chi connectivity index (χ0) is 8.97. The summed E-state index contributed by atoms with van der Waals surface area (Å²) in [5, 5.41) is 17.6. The van der Waals surface area contributed by atoms with Crippen molar-refractivity contribution in [2.24, 2.45) is 5.92 Å². The maximum Gasteiger partial charge on any atom is 0.212 e. The summed E-state index contributed by atoms with van der Waals surface area (Å²) in [4.78, 5) is 0. The molecule has 0 unspecified atom stereocenters. The van der Waals surface area contributed by atoms with Gasteiger partial charge in [-0.1, -0.05) is 19.3 Å². The number of rotatable bonds is 2. The van der Waals surface area contributed by atoms with Gasteiger partial charge >= 0.3 is 0 Å². The molecule has 0 aromatic heterocycles. The summed E-state index contributed by atoms with van der Waals surface area (Å²) in [6, 6.07) is 1.45. The molecule has 0 spiro atoms. The zero-order valence-electron chi connectivity index (χ0n) is 7.04. The number of hydrogen-bond donors (Lipinski definition) is 1. The van der Waals surface area contributed by atoms with Crippen LogP contribution in [0.25, 0.3) is 0 Å². The normalized spacial score (nSPS) is 24.4. The van der Waals surface area contributed by atoms with E-state index in [2.05, 4.69) is 0 Å². The zero-order valence-corrected chi connectivity index (χ0v) is 7.04. The van der Waals surface area contributed by atoms with Crippen LogP contribution in [0.2, 0.25) is 0 Å². The van der Waals surface area contributed by atoms with E-state index in [1.807, 2.05) is 0 Å². The molecule has 0 aromatic carbocycles. The van der Waals surface area contributed by atoms with Gasteiger partial charge in [-0.3, -0.25) is 0 Å². The Hall–Kier alpha value is -0.620. The van der Waals surface area contributed by atoms with E-state index in [9.17, 15) is 9.50 Å². The molecule has 2 nitrogen and oxygen atoms in total. The Kier molecular flexibility index (Phi) is 3.48. The van der Waals surface area contributed by atoms with Crippen molar-refractivity contribution in [1.29, 1.82) is 5.26 Å². The molecule has 1 N–H and O–H groups in total. The Morgan fingerprint density at radius 2 is 1.92 bits per heavy atom. The summed E-state index contributed by atoms with van der Waals surface area (Å²) in [6.07, 6.45) is 2.25. The fourth-order valence-corrected chi connectivity index (χ4v) is 1.79. The van der Waals surface area contributed by atoms with E-state index in [1.165, 1.54) is 12.5 Å². The van der Waals surface area contributed by atoms with E-state index in [1.54, 1.807) is 0 Å². The van der Waals surface area contributed by atoms with Crippen LogP contribution in [0.1, 0.15) is 32.1 Å². The number of nitriles is 1. The fraction of sp³-hybridized carbons (Fsp3) is 0.889. The van der Waals surface area contributed by atoms with Crippen LogP contribution in [-0.4, -0.2) is 17.4 Å². The molecular formula is C9H14FNO. The average Bonchev–Trinajstić information content (AvgIpc) is 2.17. The molecule has 3 heteroatoms. The first-order valence-corrected chi connectivity index (χ1v) is 4.47. The quantitative estimate of drug-likeness (QED) is 0.688. The van der Waals surface area contributed by atoms with Crippen molar-refractivity contribution in [3.8, 4) is 6.07 Å². The van der Waals surface area contributed by atoms with Crippen molar-refractivity contribution in [1.82, 2.24) is 0 Å². The Morgan fingerprint density at radius 3 is 2.42 bits per heavy atom. The molecule has 68 valence electrons. The van der Waals surface area contributed by atoms with Crippen molar-refractivity contribution < 1.29 is 9.50 Å². The van der Waals surface area contributed by atoms with Gasteiger partial charge in [0.05, 0.1) is 0 Å². The molecule has 0 heterocycles. The molecule has 1 rings (SSSR count). The first kappa shape index (κ1) is 9.47. The minimum absolute atomic E-state index is 0.00778. The highest BCUT2D eigenvalue weighted by Crippen LogP contribution is 2.28. The maximum atomic E-state index is 12.7. The number of alkyl halides is 1. The van der Waals surface area contributed by atoms with Gasteiger partial charge < -0.3 is 5.11 Å². The number of nitrogens with zero attached hydrogens (tertiary/aromatic N) is 1. The molecule has 0 radical (unpaired) electrons. The summed E-state index contributed by atoms with van der Waals surface area (Å²) in [5.41, 5.74) is 0. The van der Waals surface area contributed by atoms with Crippen molar-refractivity contribution >= 4 is 0 Å². The standard InChI is InChI=1S/C9H14FNO/c10-8(6-11)9(12)7-4-2-1-3-5-7/h7-9,12H,1-5H2/t8-,9-/m0/s1. The Balaban J connectivity index is 2.40. The summed E-state index contributed by atoms with van der Waals surface area (Å²) >= 11 is 0. The molecule has 1 aliphatic carbocycles. The predicted molar refractivity (Wildman–Crippen MR) is 43.1 cm³/mol. The minimum atomic E-state index is -1.70. The number of halogens is 1. The van der Waals surface area contributed by atoms with E-state index < -0.39 is 12.3 Å². The Labute approximate surface area is 72.0 Å². The van der Waals surface area contributed by atoms with Gasteiger partial charge in [0.25, 0.3) is 0 Å². The van der Waals surface area contributed by atoms with Crippen LogP contribution in [0.15, 0.2) is 0 Å². The number of aliphatic hydroxyl groups excluding tert-OH is 1. The molecule has 0 amide bonds. The molecular weight excluding hydrogens is 157 g/mol. The van der Waals surface area contributed by atoms with E-state index in [-0.39, 0.29) is 5.92 Å². The predicted octanol–water partition coefficient (Wildman–Crippen LogP) is 1.79. The summed E-state index contributed by atoms with van der Waals surface area (Å²) in [7, 11) is 0. The third-order valence-corrected chi connectivity index (χ3v) is 2.56. The number of aliphatic hydroxyl groups is 1. The van der Waals surface area contributed by atoms with Gasteiger partial charge in [-0.05, 0) is 18.8 Å². The van der Waals surface area contributed by atoms with Crippen LogP contribution < -0.4 is 0 Å². The third kappa shape index (κ3) is 2.18. The second-order valence-electron chi connectivity index (χ2n) is 3.42. The van der Waals surface area contributed by atoms with Gasteiger partial charge in [0.15, 0.2) is 0 Å². The van der Waals surface area contributed by atoms with Gasteiger partial charge in [-0.15, -0.1) is 0 Å². The lowest BCUT2D eigenvalue weighted by atomic mass is 9.84. The van der Waals surface area contributed by atoms with Gasteiger partial charge in [0, 0.05) is 0 Å². The topological polar surface area (TPSA) is 44.0 Å². The molecule has 0 bridgehead atoms. The molecule has 1 fully saturated rings. The van der Waals surface area contributed by atoms with E-state index >= 15 is 0 Å². The lowest BCUT2D eigenvalue weighted by Gasteiger charge is -2.26. The van der Waals surface area contributed by atoms with Crippen LogP contribution in [0.4, 0.5) is 4.39 Å². The van der Waals surface area contributed by atoms with Crippen molar-refractivity contribution in [2.75, 3.05) is 0 Å². The lowest BCUT2D eigenvalue weighted by Crippen LogP contribution is -2.31. The van der Waals surface area contributed by atoms with Crippen LogP contribution >= 0.6 is 0 Å². The SMILES string of the molecule is N#C[C@H](F)[C@@H](O)C1CCCCC1. The number of hydrogen-bond acceptors (Lipinski definition) is 2. The molecule has 0 aliphatic heterocycles. The van der Waals surface area contributed by atoms with Crippen LogP contribution in [0.5, 0.6) is 0 Å². The van der Waals surface area contributed by atoms with Crippen molar-refractivity contribution in [3.05, 3.63) is 0 Å². The molecule has 12 heavy (non-hydrogen) atoms. The molecule has 0 saturated heterocycles. The first-order valence-electron chi connectivity index (χ1n) is 4.47. The monoisotopic (exact) mass is 171 g/mol. The maximum absolute atomic E-state index is 12.7. The second kappa shape index (κ2) is 4.42. The van der Waals surface area contributed by atoms with Crippen molar-refractivity contribution in [2.45, 2.75) is 44.4 Å². The van der Waals surface area contributed by atoms with E-state index in [4.69, 9.17) is 5.26 Å². The Morgan fingerprint density at radius 1 is 1.33 bits per heavy atom. The van der Waals surface area contributed by atoms with E-state index in [0.29, 0.717) is 0 Å². The summed E-state index contributed by atoms with van der Waals surface area (Å²) < 4.78 is 12.7. The fourth-order valence-electron chi connectivity index (χ4n) is 1.79. The van der Waals surface area contributed by atoms with Gasteiger partial charge in [0.2, 0.25) is 6.17 Å². The highest BCUT2D eigenvalue weighted by Gasteiger charge is 2.28. The van der Waals surface area contributed by atoms with Gasteiger partial charge in [-0.25, -0.2) is 4.39 Å². The third-order valence-electron chi connectivity index (χ3n) is 2.56. The molecule has 0 aromatic rings. The highest BCUT2D eigenvalue weighted by molar-refractivity contribution is 4.92. The first-order chi connectivity index (χ1) is 5.75. The largest absolute Gasteiger partial charge is 0.389 e. The molecule has 1 saturated carbocycles. The van der Waals surface area contributed by atoms with Gasteiger partial charge in [-0.2, -0.15) is 5.26 Å². The van der Waals surface area contributed by atoms with Gasteiger partial charge in [0.1, 0.15) is 12.2 Å². The highest BCUT2D eigenvalue weighted by atomic mass is 19.1. The van der Waals surface area contributed by atoms with Crippen molar-refractivity contribution in [3.63, 3.8) is 0 Å². The average molecular weight is 171 g/mol. The second-order valence-corrected chi connectivity index (χ2v) is 3.42. The molecule has 2 atom stereocenters. The van der Waals surface area contributed by atoms with Crippen LogP contribution in [0, 0.1) is 17.2 Å². The minimum Gasteiger partial charge on any atom is -0.389 e. The van der Waals surface area contributed by atoms with E-state index in [0.717, 1.165) is 25.7 Å². The van der Waals surface area contributed by atoms with Crippen LogP contribution in [0.3, 0.4) is 0 Å². The summed E-state index contributed by atoms with van der Waals surface area (Å²) in [6.45, 7) is 0. The lowest BCUT2D eigenvalue weighted by molar-refractivity contribution is 0.0365. The van der Waals surface area contributed by atoms with Crippen LogP contribution in [-0.2, 0) is 0 Å². The molecule has 1 aliphatic rings. The summed E-state index contributed by atoms with van der Waals surface area (Å²) in [5.74, 6) is 0.00778. The smallest absolute Gasteiger partial charge is 0.212 e. The Bertz CT molecular complexity index is 172.